The molecule has 0 radical (unpaired) electrons. The summed E-state index contributed by atoms with van der Waals surface area (Å²) >= 11 is 21.5. The van der Waals surface area contributed by atoms with Crippen LogP contribution < -0.4 is 14.2 Å². The summed E-state index contributed by atoms with van der Waals surface area (Å²) in [6.45, 7) is 1.71. The van der Waals surface area contributed by atoms with Gasteiger partial charge in [-0.25, -0.2) is 13.4 Å². The number of rotatable bonds is 7. The maximum atomic E-state index is 13.0. The van der Waals surface area contributed by atoms with Gasteiger partial charge in [-0.3, -0.25) is 4.72 Å². The number of pyridine rings is 1. The largest absolute Gasteiger partial charge is 0.487 e. The van der Waals surface area contributed by atoms with Crippen LogP contribution in [0, 0.1) is 0 Å². The molecule has 0 aliphatic carbocycles. The van der Waals surface area contributed by atoms with Crippen molar-refractivity contribution < 1.29 is 17.9 Å². The summed E-state index contributed by atoms with van der Waals surface area (Å²) in [6.07, 6.45) is 2.06. The van der Waals surface area contributed by atoms with E-state index in [1.165, 1.54) is 12.3 Å². The van der Waals surface area contributed by atoms with E-state index in [9.17, 15) is 8.42 Å². The van der Waals surface area contributed by atoms with Crippen LogP contribution in [0.1, 0.15) is 6.42 Å². The molecule has 0 bridgehead atoms. The van der Waals surface area contributed by atoms with Crippen LogP contribution in [0.3, 0.4) is 0 Å². The number of sulfonamides is 1. The van der Waals surface area contributed by atoms with Crippen molar-refractivity contribution in [1.82, 2.24) is 9.88 Å². The molecule has 1 atom stereocenters. The maximum Gasteiger partial charge on any atom is 0.263 e. The van der Waals surface area contributed by atoms with Crippen LogP contribution in [0.25, 0.3) is 0 Å². The van der Waals surface area contributed by atoms with Gasteiger partial charge in [0, 0.05) is 29.2 Å². The molecule has 0 saturated carbocycles. The molecule has 0 unspecified atom stereocenters. The SMILES string of the molecule is CN1CC[C@@H](Oc2cc(NS(=O)(=O)c3cnc(Oc4cc(Cl)cc(Cl)c4)c(Br)c3)ccc2Cl)C1. The summed E-state index contributed by atoms with van der Waals surface area (Å²) in [5.74, 6) is 0.938. The third kappa shape index (κ3) is 6.27. The third-order valence-electron chi connectivity index (χ3n) is 4.97. The highest BCUT2D eigenvalue weighted by molar-refractivity contribution is 9.10. The van der Waals surface area contributed by atoms with Crippen molar-refractivity contribution in [1.29, 1.82) is 0 Å². The second-order valence-corrected chi connectivity index (χ2v) is 11.5. The number of halogens is 4. The van der Waals surface area contributed by atoms with Crippen molar-refractivity contribution in [3.05, 3.63) is 68.2 Å². The lowest BCUT2D eigenvalue weighted by atomic mass is 10.3. The molecule has 34 heavy (non-hydrogen) atoms. The minimum Gasteiger partial charge on any atom is -0.487 e. The topological polar surface area (TPSA) is 80.8 Å². The van der Waals surface area contributed by atoms with Gasteiger partial charge in [0.15, 0.2) is 0 Å². The average molecular weight is 608 g/mol. The monoisotopic (exact) mass is 605 g/mol. The van der Waals surface area contributed by atoms with Gasteiger partial charge in [-0.1, -0.05) is 34.8 Å². The Kier molecular flexibility index (Phi) is 7.81. The number of ether oxygens (including phenoxy) is 2. The summed E-state index contributed by atoms with van der Waals surface area (Å²) < 4.78 is 40.5. The van der Waals surface area contributed by atoms with Gasteiger partial charge < -0.3 is 14.4 Å². The third-order valence-corrected chi connectivity index (χ3v) is 7.63. The van der Waals surface area contributed by atoms with Crippen LogP contribution in [0.5, 0.6) is 17.4 Å². The van der Waals surface area contributed by atoms with Gasteiger partial charge in [0.2, 0.25) is 5.88 Å². The predicted molar refractivity (Wildman–Crippen MR) is 137 cm³/mol. The fraction of sp³-hybridized carbons (Fsp3) is 0.227. The van der Waals surface area contributed by atoms with E-state index in [0.29, 0.717) is 36.7 Å². The summed E-state index contributed by atoms with van der Waals surface area (Å²) in [7, 11) is -1.94. The molecule has 1 N–H and O–H groups in total. The van der Waals surface area contributed by atoms with E-state index >= 15 is 0 Å². The molecule has 0 amide bonds. The lowest BCUT2D eigenvalue weighted by molar-refractivity contribution is 0.208. The van der Waals surface area contributed by atoms with Gasteiger partial charge in [0.1, 0.15) is 22.5 Å². The van der Waals surface area contributed by atoms with E-state index in [4.69, 9.17) is 44.3 Å². The lowest BCUT2D eigenvalue weighted by Crippen LogP contribution is -2.21. The van der Waals surface area contributed by atoms with Crippen LogP contribution in [0.4, 0.5) is 5.69 Å². The fourth-order valence-electron chi connectivity index (χ4n) is 3.37. The van der Waals surface area contributed by atoms with Crippen molar-refractivity contribution in [2.75, 3.05) is 24.9 Å². The highest BCUT2D eigenvalue weighted by Gasteiger charge is 2.23. The van der Waals surface area contributed by atoms with Crippen molar-refractivity contribution in [3.63, 3.8) is 0 Å². The first-order chi connectivity index (χ1) is 16.1. The van der Waals surface area contributed by atoms with E-state index in [-0.39, 0.29) is 16.9 Å². The quantitative estimate of drug-likeness (QED) is 0.331. The van der Waals surface area contributed by atoms with Gasteiger partial charge in [-0.15, -0.1) is 0 Å². The fourth-order valence-corrected chi connectivity index (χ4v) is 5.64. The molecule has 0 spiro atoms. The molecular weight excluding hydrogens is 589 g/mol. The number of anilines is 1. The Bertz CT molecular complexity index is 1310. The Labute approximate surface area is 221 Å². The Morgan fingerprint density at radius 1 is 1.12 bits per heavy atom. The average Bonchev–Trinajstić information content (AvgIpc) is 3.15. The number of hydrogen-bond acceptors (Lipinski definition) is 6. The summed E-state index contributed by atoms with van der Waals surface area (Å²) in [4.78, 5) is 6.22. The summed E-state index contributed by atoms with van der Waals surface area (Å²) in [6, 6.07) is 10.8. The van der Waals surface area contributed by atoms with Crippen molar-refractivity contribution in [2.45, 2.75) is 17.4 Å². The van der Waals surface area contributed by atoms with Gasteiger partial charge in [0.05, 0.1) is 21.4 Å². The number of nitrogens with zero attached hydrogens (tertiary/aromatic N) is 2. The second kappa shape index (κ2) is 10.5. The Hall–Kier alpha value is -1.75. The van der Waals surface area contributed by atoms with Gasteiger partial charge in [-0.05, 0) is 65.8 Å². The summed E-state index contributed by atoms with van der Waals surface area (Å²) in [5.41, 5.74) is 0.316. The number of hydrogen-bond donors (Lipinski definition) is 1. The van der Waals surface area contributed by atoms with E-state index in [2.05, 4.69) is 30.5 Å². The molecule has 4 rings (SSSR count). The van der Waals surface area contributed by atoms with Crippen LogP contribution >= 0.6 is 50.7 Å². The maximum absolute atomic E-state index is 13.0. The molecule has 180 valence electrons. The normalized spacial score (nSPS) is 16.4. The van der Waals surface area contributed by atoms with Crippen molar-refractivity contribution >= 4 is 66.4 Å². The van der Waals surface area contributed by atoms with Crippen molar-refractivity contribution in [3.8, 4) is 17.4 Å². The molecular formula is C22H19BrCl3N3O4S. The van der Waals surface area contributed by atoms with Gasteiger partial charge >= 0.3 is 0 Å². The highest BCUT2D eigenvalue weighted by Crippen LogP contribution is 2.34. The van der Waals surface area contributed by atoms with E-state index < -0.39 is 10.0 Å². The van der Waals surface area contributed by atoms with Gasteiger partial charge in [-0.2, -0.15) is 0 Å². The Morgan fingerprint density at radius 3 is 2.50 bits per heavy atom. The van der Waals surface area contributed by atoms with Crippen LogP contribution in [0.2, 0.25) is 15.1 Å². The Balaban J connectivity index is 1.51. The zero-order valence-electron chi connectivity index (χ0n) is 17.8. The van der Waals surface area contributed by atoms with Crippen LogP contribution in [-0.4, -0.2) is 44.5 Å². The number of aromatic nitrogens is 1. The number of nitrogens with one attached hydrogen (secondary N) is 1. The molecule has 1 aliphatic heterocycles. The molecule has 1 saturated heterocycles. The molecule has 1 aromatic heterocycles. The summed E-state index contributed by atoms with van der Waals surface area (Å²) in [5, 5.41) is 1.20. The molecule has 3 aromatic rings. The lowest BCUT2D eigenvalue weighted by Gasteiger charge is -2.16. The predicted octanol–water partition coefficient (Wildman–Crippen LogP) is 6.48. The first kappa shape index (κ1) is 25.3. The molecule has 7 nitrogen and oxygen atoms in total. The molecule has 2 heterocycles. The minimum absolute atomic E-state index is 0.00330. The molecule has 1 aliphatic rings. The minimum atomic E-state index is -3.95. The van der Waals surface area contributed by atoms with Gasteiger partial charge in [0.25, 0.3) is 10.0 Å². The Morgan fingerprint density at radius 2 is 1.85 bits per heavy atom. The molecule has 2 aromatic carbocycles. The van der Waals surface area contributed by atoms with E-state index in [1.54, 1.807) is 36.4 Å². The number of likely N-dealkylation sites (tertiary alicyclic amines) is 1. The molecule has 1 fully saturated rings. The first-order valence-electron chi connectivity index (χ1n) is 10.1. The standard InChI is InChI=1S/C22H19BrCl3N3O4S/c1-29-5-4-16(12-29)32-21-9-15(2-3-20(21)26)28-34(30,31)18-10-19(23)22(27-11-18)33-17-7-13(24)6-14(25)8-17/h2-3,6-11,16,28H,4-5,12H2,1H3/t16-/m1/s1. The highest BCUT2D eigenvalue weighted by atomic mass is 79.9. The first-order valence-corrected chi connectivity index (χ1v) is 13.5. The zero-order valence-corrected chi connectivity index (χ0v) is 22.4. The number of likely N-dealkylation sites (N-methyl/N-ethyl adjacent to an activating group) is 1. The second-order valence-electron chi connectivity index (χ2n) is 7.71. The van der Waals surface area contributed by atoms with Crippen LogP contribution in [0.15, 0.2) is 58.0 Å². The van der Waals surface area contributed by atoms with E-state index in [1.807, 2.05) is 7.05 Å². The smallest absolute Gasteiger partial charge is 0.263 e. The molecule has 12 heteroatoms. The number of benzene rings is 2. The van der Waals surface area contributed by atoms with Crippen LogP contribution in [-0.2, 0) is 10.0 Å². The van der Waals surface area contributed by atoms with Crippen molar-refractivity contribution in [2.24, 2.45) is 0 Å². The van der Waals surface area contributed by atoms with E-state index in [0.717, 1.165) is 19.5 Å². The zero-order chi connectivity index (χ0) is 24.5.